The van der Waals surface area contributed by atoms with E-state index < -0.39 is 0 Å². The predicted octanol–water partition coefficient (Wildman–Crippen LogP) is -1.70. The zero-order valence-electron chi connectivity index (χ0n) is 13.7. The number of piperazine rings is 1. The second-order valence-electron chi connectivity index (χ2n) is 6.00. The maximum absolute atomic E-state index is 11.9. The predicted molar refractivity (Wildman–Crippen MR) is 87.6 cm³/mol. The highest BCUT2D eigenvalue weighted by Gasteiger charge is 2.22. The minimum atomic E-state index is -0.106. The quantitative estimate of drug-likeness (QED) is 0.604. The Balaban J connectivity index is 1.73. The number of anilines is 1. The third kappa shape index (κ3) is 5.14. The molecule has 1 fully saturated rings. The van der Waals surface area contributed by atoms with Gasteiger partial charge in [-0.2, -0.15) is 0 Å². The van der Waals surface area contributed by atoms with E-state index in [4.69, 9.17) is 0 Å². The lowest BCUT2D eigenvalue weighted by Crippen LogP contribution is -3.16. The molecule has 0 unspecified atom stereocenters. The summed E-state index contributed by atoms with van der Waals surface area (Å²) in [5.41, 5.74) is 1.09. The van der Waals surface area contributed by atoms with Crippen LogP contribution in [0.2, 0.25) is 0 Å². The maximum atomic E-state index is 11.9. The second kappa shape index (κ2) is 7.82. The molecule has 0 radical (unpaired) electrons. The van der Waals surface area contributed by atoms with Crippen LogP contribution in [-0.2, 0) is 9.59 Å². The molecule has 0 aliphatic carbocycles. The topological polar surface area (TPSA) is 77.3 Å². The number of phenolic OH excluding ortho intramolecular Hbond substituents is 1. The third-order valence-electron chi connectivity index (χ3n) is 4.03. The van der Waals surface area contributed by atoms with Gasteiger partial charge in [-0.05, 0) is 24.3 Å². The molecule has 2 amide bonds. The van der Waals surface area contributed by atoms with Crippen LogP contribution < -0.4 is 15.1 Å². The summed E-state index contributed by atoms with van der Waals surface area (Å²) in [7, 11) is 3.34. The highest BCUT2D eigenvalue weighted by molar-refractivity contribution is 5.84. The Kier molecular flexibility index (Phi) is 5.81. The van der Waals surface area contributed by atoms with Crippen molar-refractivity contribution in [1.29, 1.82) is 0 Å². The lowest BCUT2D eigenvalue weighted by atomic mass is 10.2. The maximum Gasteiger partial charge on any atom is 0.275 e. The van der Waals surface area contributed by atoms with E-state index in [0.717, 1.165) is 31.9 Å². The van der Waals surface area contributed by atoms with E-state index in [2.05, 4.69) is 10.2 Å². The van der Waals surface area contributed by atoms with E-state index in [0.29, 0.717) is 6.54 Å². The Morgan fingerprint density at radius 3 is 2.39 bits per heavy atom. The summed E-state index contributed by atoms with van der Waals surface area (Å²) in [6.07, 6.45) is 0. The SMILES string of the molecule is CN(C)C(=O)CNC(=O)C[NH+]1CCN(c2ccc(O)cc2)CC1. The Bertz CT molecular complexity index is 537. The van der Waals surface area contributed by atoms with E-state index in [1.165, 1.54) is 9.80 Å². The fourth-order valence-electron chi connectivity index (χ4n) is 2.54. The first-order valence-electron chi connectivity index (χ1n) is 7.80. The number of phenols is 1. The molecule has 0 atom stereocenters. The molecule has 7 nitrogen and oxygen atoms in total. The number of rotatable bonds is 5. The number of likely N-dealkylation sites (N-methyl/N-ethyl adjacent to an activating group) is 1. The average molecular weight is 321 g/mol. The molecule has 0 spiro atoms. The van der Waals surface area contributed by atoms with Gasteiger partial charge in [0.1, 0.15) is 5.75 Å². The zero-order chi connectivity index (χ0) is 16.8. The van der Waals surface area contributed by atoms with Crippen LogP contribution in [0.15, 0.2) is 24.3 Å². The number of amides is 2. The van der Waals surface area contributed by atoms with E-state index in [1.54, 1.807) is 26.2 Å². The molecule has 3 N–H and O–H groups in total. The summed E-state index contributed by atoms with van der Waals surface area (Å²) >= 11 is 0. The molecular formula is C16H25N4O3+. The largest absolute Gasteiger partial charge is 0.508 e. The number of nitrogens with one attached hydrogen (secondary N) is 2. The van der Waals surface area contributed by atoms with Crippen LogP contribution in [0.3, 0.4) is 0 Å². The Labute approximate surface area is 136 Å². The summed E-state index contributed by atoms with van der Waals surface area (Å²) < 4.78 is 0. The normalized spacial score (nSPS) is 15.3. The Morgan fingerprint density at radius 2 is 1.83 bits per heavy atom. The summed E-state index contributed by atoms with van der Waals surface area (Å²) in [5, 5.41) is 12.0. The van der Waals surface area contributed by atoms with Gasteiger partial charge in [0, 0.05) is 19.8 Å². The van der Waals surface area contributed by atoms with E-state index in [-0.39, 0.29) is 24.1 Å². The fraction of sp³-hybridized carbons (Fsp3) is 0.500. The van der Waals surface area contributed by atoms with Crippen LogP contribution in [0.25, 0.3) is 0 Å². The molecule has 1 aromatic carbocycles. The van der Waals surface area contributed by atoms with Gasteiger partial charge < -0.3 is 25.1 Å². The standard InChI is InChI=1S/C16H24N4O3/c1-18(2)16(23)11-17-15(22)12-19-7-9-20(10-8-19)13-3-5-14(21)6-4-13/h3-6,21H,7-12H2,1-2H3,(H,17,22)/p+1. The number of hydrogen-bond donors (Lipinski definition) is 3. The average Bonchev–Trinajstić information content (AvgIpc) is 2.54. The van der Waals surface area contributed by atoms with Crippen molar-refractivity contribution in [3.63, 3.8) is 0 Å². The Hall–Kier alpha value is -2.28. The van der Waals surface area contributed by atoms with E-state index in [9.17, 15) is 14.7 Å². The molecule has 1 aromatic rings. The van der Waals surface area contributed by atoms with Crippen molar-refractivity contribution in [2.75, 3.05) is 58.3 Å². The Morgan fingerprint density at radius 1 is 1.22 bits per heavy atom. The molecule has 7 heteroatoms. The second-order valence-corrected chi connectivity index (χ2v) is 6.00. The molecule has 0 bridgehead atoms. The van der Waals surface area contributed by atoms with Gasteiger partial charge in [-0.1, -0.05) is 0 Å². The number of quaternary nitrogens is 1. The van der Waals surface area contributed by atoms with Gasteiger partial charge >= 0.3 is 0 Å². The smallest absolute Gasteiger partial charge is 0.275 e. The number of aromatic hydroxyl groups is 1. The molecule has 0 aromatic heterocycles. The van der Waals surface area contributed by atoms with Crippen LogP contribution in [0.4, 0.5) is 5.69 Å². The van der Waals surface area contributed by atoms with Gasteiger partial charge in [0.25, 0.3) is 5.91 Å². The fourth-order valence-corrected chi connectivity index (χ4v) is 2.54. The summed E-state index contributed by atoms with van der Waals surface area (Å²) in [5.74, 6) is 0.0701. The molecule has 0 saturated carbocycles. The van der Waals surface area contributed by atoms with Gasteiger partial charge in [0.15, 0.2) is 6.54 Å². The first kappa shape index (κ1) is 17.1. The first-order chi connectivity index (χ1) is 11.0. The lowest BCUT2D eigenvalue weighted by Gasteiger charge is -2.33. The molecule has 1 heterocycles. The van der Waals surface area contributed by atoms with Crippen molar-refractivity contribution < 1.29 is 19.6 Å². The van der Waals surface area contributed by atoms with Gasteiger partial charge in [-0.15, -0.1) is 0 Å². The lowest BCUT2D eigenvalue weighted by molar-refractivity contribution is -0.892. The summed E-state index contributed by atoms with van der Waals surface area (Å²) in [6, 6.07) is 7.17. The number of benzene rings is 1. The molecule has 126 valence electrons. The number of carbonyl (C=O) groups excluding carboxylic acids is 2. The highest BCUT2D eigenvalue weighted by Crippen LogP contribution is 2.17. The van der Waals surface area contributed by atoms with Crippen molar-refractivity contribution in [3.05, 3.63) is 24.3 Å². The van der Waals surface area contributed by atoms with Crippen LogP contribution in [0.1, 0.15) is 0 Å². The zero-order valence-corrected chi connectivity index (χ0v) is 13.7. The number of hydrogen-bond acceptors (Lipinski definition) is 4. The molecule has 2 rings (SSSR count). The molecule has 1 saturated heterocycles. The van der Waals surface area contributed by atoms with Gasteiger partial charge in [0.2, 0.25) is 5.91 Å². The summed E-state index contributed by atoms with van der Waals surface area (Å²) in [4.78, 5) is 28.3. The van der Waals surface area contributed by atoms with Crippen molar-refractivity contribution in [1.82, 2.24) is 10.2 Å². The molecule has 23 heavy (non-hydrogen) atoms. The van der Waals surface area contributed by atoms with Crippen LogP contribution in [0.5, 0.6) is 5.75 Å². The monoisotopic (exact) mass is 321 g/mol. The van der Waals surface area contributed by atoms with Crippen molar-refractivity contribution in [2.45, 2.75) is 0 Å². The van der Waals surface area contributed by atoms with Crippen LogP contribution in [-0.4, -0.2) is 75.2 Å². The first-order valence-corrected chi connectivity index (χ1v) is 7.80. The molecule has 1 aliphatic rings. The number of carbonyl (C=O) groups is 2. The molecular weight excluding hydrogens is 296 g/mol. The van der Waals surface area contributed by atoms with Crippen LogP contribution in [0, 0.1) is 0 Å². The van der Waals surface area contributed by atoms with Gasteiger partial charge in [-0.3, -0.25) is 9.59 Å². The van der Waals surface area contributed by atoms with Crippen molar-refractivity contribution in [3.8, 4) is 5.75 Å². The molecule has 1 aliphatic heterocycles. The third-order valence-corrected chi connectivity index (χ3v) is 4.03. The highest BCUT2D eigenvalue weighted by atomic mass is 16.3. The van der Waals surface area contributed by atoms with Crippen LogP contribution >= 0.6 is 0 Å². The van der Waals surface area contributed by atoms with Crippen molar-refractivity contribution in [2.24, 2.45) is 0 Å². The van der Waals surface area contributed by atoms with E-state index >= 15 is 0 Å². The van der Waals surface area contributed by atoms with Gasteiger partial charge in [0.05, 0.1) is 32.7 Å². The minimum absolute atomic E-state index is 0.0543. The van der Waals surface area contributed by atoms with E-state index in [1.807, 2.05) is 12.1 Å². The minimum Gasteiger partial charge on any atom is -0.508 e. The summed E-state index contributed by atoms with van der Waals surface area (Å²) in [6.45, 7) is 3.92. The van der Waals surface area contributed by atoms with Gasteiger partial charge in [-0.25, -0.2) is 0 Å². The van der Waals surface area contributed by atoms with Crippen molar-refractivity contribution >= 4 is 17.5 Å². The number of nitrogens with zero attached hydrogens (tertiary/aromatic N) is 2.